The Bertz CT molecular complexity index is 549. The molecule has 0 saturated heterocycles. The van der Waals surface area contributed by atoms with Crippen molar-refractivity contribution in [2.45, 2.75) is 13.5 Å². The average Bonchev–Trinajstić information content (AvgIpc) is 2.83. The van der Waals surface area contributed by atoms with Crippen LogP contribution >= 0.6 is 11.6 Å². The molecule has 0 saturated carbocycles. The Balaban J connectivity index is 1.93. The average molecular weight is 279 g/mol. The molecule has 0 aliphatic heterocycles. The van der Waals surface area contributed by atoms with E-state index in [0.717, 1.165) is 11.4 Å². The summed E-state index contributed by atoms with van der Waals surface area (Å²) in [5.74, 6) is 0.699. The zero-order chi connectivity index (χ0) is 13.7. The number of rotatable bonds is 5. The second kappa shape index (κ2) is 6.29. The molecule has 0 aliphatic carbocycles. The third-order valence-electron chi connectivity index (χ3n) is 2.58. The van der Waals surface area contributed by atoms with Gasteiger partial charge in [0.15, 0.2) is 5.22 Å². The molecular formula is C14H15ClN2O2. The predicted octanol–water partition coefficient (Wildman–Crippen LogP) is 3.29. The van der Waals surface area contributed by atoms with E-state index in [-0.39, 0.29) is 5.91 Å². The quantitative estimate of drug-likeness (QED) is 0.882. The molecule has 0 unspecified atom stereocenters. The zero-order valence-corrected chi connectivity index (χ0v) is 11.3. The number of hydrogen-bond donors (Lipinski definition) is 2. The Labute approximate surface area is 116 Å². The number of carbonyl (C=O) groups is 1. The van der Waals surface area contributed by atoms with Gasteiger partial charge < -0.3 is 15.1 Å². The maximum atomic E-state index is 11.6. The van der Waals surface area contributed by atoms with Crippen LogP contribution < -0.4 is 10.6 Å². The first-order valence-corrected chi connectivity index (χ1v) is 6.43. The minimum atomic E-state index is -0.0631. The normalized spacial score (nSPS) is 10.2. The second-order valence-corrected chi connectivity index (χ2v) is 4.37. The molecule has 2 N–H and O–H groups in total. The molecule has 2 rings (SSSR count). The monoisotopic (exact) mass is 278 g/mol. The highest BCUT2D eigenvalue weighted by Gasteiger charge is 2.04. The minimum Gasteiger partial charge on any atom is -0.448 e. The molecule has 5 heteroatoms. The van der Waals surface area contributed by atoms with Crippen LogP contribution in [0.4, 0.5) is 5.69 Å². The fraction of sp³-hybridized carbons (Fsp3) is 0.214. The van der Waals surface area contributed by atoms with Gasteiger partial charge in [-0.2, -0.15) is 0 Å². The molecule has 1 aromatic carbocycles. The van der Waals surface area contributed by atoms with Crippen LogP contribution in [-0.2, 0) is 6.54 Å². The molecule has 1 amide bonds. The largest absolute Gasteiger partial charge is 0.448 e. The van der Waals surface area contributed by atoms with Crippen molar-refractivity contribution in [2.75, 3.05) is 11.9 Å². The Kier molecular flexibility index (Phi) is 4.47. The van der Waals surface area contributed by atoms with E-state index in [1.54, 1.807) is 18.2 Å². The van der Waals surface area contributed by atoms with Crippen LogP contribution in [0.2, 0.25) is 5.22 Å². The SMILES string of the molecule is CCNC(=O)c1ccc(NCc2ccc(Cl)o2)cc1. The molecule has 0 fully saturated rings. The van der Waals surface area contributed by atoms with Crippen LogP contribution in [-0.4, -0.2) is 12.5 Å². The molecule has 2 aromatic rings. The summed E-state index contributed by atoms with van der Waals surface area (Å²) >= 11 is 5.69. The number of benzene rings is 1. The van der Waals surface area contributed by atoms with Crippen LogP contribution in [0.25, 0.3) is 0 Å². The van der Waals surface area contributed by atoms with Crippen molar-refractivity contribution in [1.29, 1.82) is 0 Å². The lowest BCUT2D eigenvalue weighted by Gasteiger charge is -2.06. The van der Waals surface area contributed by atoms with E-state index in [9.17, 15) is 4.79 Å². The summed E-state index contributed by atoms with van der Waals surface area (Å²) in [6, 6.07) is 10.8. The first-order chi connectivity index (χ1) is 9.19. The fourth-order valence-electron chi connectivity index (χ4n) is 1.64. The predicted molar refractivity (Wildman–Crippen MR) is 75.5 cm³/mol. The van der Waals surface area contributed by atoms with Gasteiger partial charge in [-0.25, -0.2) is 0 Å². The number of hydrogen-bond acceptors (Lipinski definition) is 3. The molecule has 0 atom stereocenters. The molecule has 1 aromatic heterocycles. The molecular weight excluding hydrogens is 264 g/mol. The van der Waals surface area contributed by atoms with Gasteiger partial charge in [0.05, 0.1) is 6.54 Å². The molecule has 0 radical (unpaired) electrons. The molecule has 0 bridgehead atoms. The van der Waals surface area contributed by atoms with E-state index in [2.05, 4.69) is 10.6 Å². The van der Waals surface area contributed by atoms with Gasteiger partial charge in [-0.1, -0.05) is 0 Å². The van der Waals surface area contributed by atoms with Crippen molar-refractivity contribution in [3.05, 3.63) is 52.9 Å². The number of anilines is 1. The van der Waals surface area contributed by atoms with Gasteiger partial charge in [0.1, 0.15) is 5.76 Å². The molecule has 4 nitrogen and oxygen atoms in total. The maximum absolute atomic E-state index is 11.6. The number of amides is 1. The van der Waals surface area contributed by atoms with Crippen molar-refractivity contribution in [3.8, 4) is 0 Å². The molecule has 0 spiro atoms. The highest BCUT2D eigenvalue weighted by molar-refractivity contribution is 6.28. The zero-order valence-electron chi connectivity index (χ0n) is 10.6. The lowest BCUT2D eigenvalue weighted by Crippen LogP contribution is -2.22. The smallest absolute Gasteiger partial charge is 0.251 e. The van der Waals surface area contributed by atoms with E-state index in [1.807, 2.05) is 25.1 Å². The van der Waals surface area contributed by atoms with Gasteiger partial charge in [0.25, 0.3) is 5.91 Å². The van der Waals surface area contributed by atoms with Gasteiger partial charge in [-0.05, 0) is 54.9 Å². The Morgan fingerprint density at radius 1 is 1.21 bits per heavy atom. The third-order valence-corrected chi connectivity index (χ3v) is 2.78. The van der Waals surface area contributed by atoms with Crippen molar-refractivity contribution >= 4 is 23.2 Å². The lowest BCUT2D eigenvalue weighted by atomic mass is 10.2. The summed E-state index contributed by atoms with van der Waals surface area (Å²) in [5, 5.41) is 6.32. The van der Waals surface area contributed by atoms with Gasteiger partial charge in [-0.3, -0.25) is 4.79 Å². The van der Waals surface area contributed by atoms with E-state index < -0.39 is 0 Å². The summed E-state index contributed by atoms with van der Waals surface area (Å²) in [4.78, 5) is 11.6. The number of carbonyl (C=O) groups excluding carboxylic acids is 1. The van der Waals surface area contributed by atoms with Crippen LogP contribution in [0.1, 0.15) is 23.0 Å². The standard InChI is InChI=1S/C14H15ClN2O2/c1-2-16-14(18)10-3-5-11(6-4-10)17-9-12-7-8-13(15)19-12/h3-8,17H,2,9H2,1H3,(H,16,18). The maximum Gasteiger partial charge on any atom is 0.251 e. The third kappa shape index (κ3) is 3.76. The number of halogens is 1. The van der Waals surface area contributed by atoms with Gasteiger partial charge in [0.2, 0.25) is 0 Å². The summed E-state index contributed by atoms with van der Waals surface area (Å²) in [6.07, 6.45) is 0. The van der Waals surface area contributed by atoms with Crippen molar-refractivity contribution in [1.82, 2.24) is 5.32 Å². The second-order valence-electron chi connectivity index (χ2n) is 4.00. The van der Waals surface area contributed by atoms with Crippen molar-refractivity contribution < 1.29 is 9.21 Å². The van der Waals surface area contributed by atoms with Gasteiger partial charge >= 0.3 is 0 Å². The van der Waals surface area contributed by atoms with E-state index >= 15 is 0 Å². The van der Waals surface area contributed by atoms with Crippen LogP contribution in [0.5, 0.6) is 0 Å². The molecule has 0 aliphatic rings. The van der Waals surface area contributed by atoms with Crippen LogP contribution in [0.15, 0.2) is 40.8 Å². The van der Waals surface area contributed by atoms with Gasteiger partial charge in [-0.15, -0.1) is 0 Å². The van der Waals surface area contributed by atoms with E-state index in [1.165, 1.54) is 0 Å². The van der Waals surface area contributed by atoms with E-state index in [4.69, 9.17) is 16.0 Å². The summed E-state index contributed by atoms with van der Waals surface area (Å²) < 4.78 is 5.24. The summed E-state index contributed by atoms with van der Waals surface area (Å²) in [6.45, 7) is 3.06. The summed E-state index contributed by atoms with van der Waals surface area (Å²) in [7, 11) is 0. The fourth-order valence-corrected chi connectivity index (χ4v) is 1.80. The number of nitrogens with one attached hydrogen (secondary N) is 2. The highest BCUT2D eigenvalue weighted by Crippen LogP contribution is 2.15. The van der Waals surface area contributed by atoms with E-state index in [0.29, 0.717) is 23.9 Å². The Hall–Kier alpha value is -1.94. The minimum absolute atomic E-state index is 0.0631. The molecule has 1 heterocycles. The lowest BCUT2D eigenvalue weighted by molar-refractivity contribution is 0.0956. The Morgan fingerprint density at radius 2 is 1.95 bits per heavy atom. The summed E-state index contributed by atoms with van der Waals surface area (Å²) in [5.41, 5.74) is 1.56. The van der Waals surface area contributed by atoms with Crippen molar-refractivity contribution in [2.24, 2.45) is 0 Å². The number of furan rings is 1. The van der Waals surface area contributed by atoms with Gasteiger partial charge in [0, 0.05) is 17.8 Å². The Morgan fingerprint density at radius 3 is 2.53 bits per heavy atom. The molecule has 19 heavy (non-hydrogen) atoms. The molecule has 100 valence electrons. The van der Waals surface area contributed by atoms with Crippen molar-refractivity contribution in [3.63, 3.8) is 0 Å². The first kappa shape index (κ1) is 13.5. The first-order valence-electron chi connectivity index (χ1n) is 6.05. The van der Waals surface area contributed by atoms with Crippen LogP contribution in [0.3, 0.4) is 0 Å². The highest BCUT2D eigenvalue weighted by atomic mass is 35.5. The topological polar surface area (TPSA) is 54.3 Å². The van der Waals surface area contributed by atoms with Crippen LogP contribution in [0, 0.1) is 0 Å².